The molecule has 1 aliphatic heterocycles. The SMILES string of the molecule is CC(C)C(=O)OC(C)(C)CCN1C(=O)c2ccccc2C1=O. The van der Waals surface area contributed by atoms with Crippen LogP contribution in [0.3, 0.4) is 0 Å². The lowest BCUT2D eigenvalue weighted by molar-refractivity contribution is -0.160. The van der Waals surface area contributed by atoms with E-state index in [4.69, 9.17) is 4.74 Å². The second-order valence-electron chi connectivity index (χ2n) is 6.39. The number of rotatable bonds is 5. The number of hydrogen-bond donors (Lipinski definition) is 0. The molecule has 1 aromatic rings. The van der Waals surface area contributed by atoms with Crippen LogP contribution in [0.5, 0.6) is 0 Å². The van der Waals surface area contributed by atoms with Crippen molar-refractivity contribution in [3.05, 3.63) is 35.4 Å². The Kier molecular flexibility index (Phi) is 4.35. The maximum atomic E-state index is 12.3. The first-order valence-electron chi connectivity index (χ1n) is 7.41. The highest BCUT2D eigenvalue weighted by Gasteiger charge is 2.36. The lowest BCUT2D eigenvalue weighted by atomic mass is 10.0. The highest BCUT2D eigenvalue weighted by molar-refractivity contribution is 6.21. The van der Waals surface area contributed by atoms with Crippen LogP contribution in [-0.2, 0) is 9.53 Å². The molecule has 2 amide bonds. The molecule has 0 saturated heterocycles. The van der Waals surface area contributed by atoms with Gasteiger partial charge in [-0.1, -0.05) is 26.0 Å². The molecule has 0 N–H and O–H groups in total. The summed E-state index contributed by atoms with van der Waals surface area (Å²) < 4.78 is 5.42. The van der Waals surface area contributed by atoms with Crippen LogP contribution in [0.25, 0.3) is 0 Å². The monoisotopic (exact) mass is 303 g/mol. The van der Waals surface area contributed by atoms with E-state index in [0.29, 0.717) is 17.5 Å². The molecular weight excluding hydrogens is 282 g/mol. The van der Waals surface area contributed by atoms with Gasteiger partial charge in [-0.3, -0.25) is 19.3 Å². The van der Waals surface area contributed by atoms with Crippen LogP contribution in [0.4, 0.5) is 0 Å². The molecule has 0 spiro atoms. The Balaban J connectivity index is 2.03. The van der Waals surface area contributed by atoms with Crippen molar-refractivity contribution in [1.82, 2.24) is 4.90 Å². The summed E-state index contributed by atoms with van der Waals surface area (Å²) in [5.41, 5.74) is 0.144. The summed E-state index contributed by atoms with van der Waals surface area (Å²) in [5.74, 6) is -1.07. The van der Waals surface area contributed by atoms with E-state index < -0.39 is 5.60 Å². The van der Waals surface area contributed by atoms with Gasteiger partial charge < -0.3 is 4.74 Å². The third-order valence-electron chi connectivity index (χ3n) is 3.66. The fourth-order valence-electron chi connectivity index (χ4n) is 2.26. The molecule has 5 nitrogen and oxygen atoms in total. The van der Waals surface area contributed by atoms with E-state index >= 15 is 0 Å². The molecule has 0 radical (unpaired) electrons. The zero-order valence-corrected chi connectivity index (χ0v) is 13.4. The standard InChI is InChI=1S/C17H21NO4/c1-11(2)16(21)22-17(3,4)9-10-18-14(19)12-7-5-6-8-13(12)15(18)20/h5-8,11H,9-10H2,1-4H3. The summed E-state index contributed by atoms with van der Waals surface area (Å²) in [5, 5.41) is 0. The first-order chi connectivity index (χ1) is 10.2. The molecule has 0 fully saturated rings. The Labute approximate surface area is 130 Å². The number of nitrogens with zero attached hydrogens (tertiary/aromatic N) is 1. The summed E-state index contributed by atoms with van der Waals surface area (Å²) in [6.07, 6.45) is 0.400. The summed E-state index contributed by atoms with van der Waals surface area (Å²) in [4.78, 5) is 37.4. The number of benzene rings is 1. The van der Waals surface area contributed by atoms with Gasteiger partial charge in [-0.25, -0.2) is 0 Å². The predicted octanol–water partition coefficient (Wildman–Crippen LogP) is 2.65. The molecule has 1 aromatic carbocycles. The minimum atomic E-state index is -0.726. The molecule has 22 heavy (non-hydrogen) atoms. The quantitative estimate of drug-likeness (QED) is 0.619. The molecular formula is C17H21NO4. The second kappa shape index (κ2) is 5.91. The molecule has 0 aliphatic carbocycles. The van der Waals surface area contributed by atoms with Crippen LogP contribution in [0.2, 0.25) is 0 Å². The lowest BCUT2D eigenvalue weighted by Crippen LogP contribution is -2.38. The van der Waals surface area contributed by atoms with E-state index in [1.165, 1.54) is 4.90 Å². The Morgan fingerprint density at radius 2 is 1.64 bits per heavy atom. The van der Waals surface area contributed by atoms with Crippen molar-refractivity contribution in [2.45, 2.75) is 39.7 Å². The highest BCUT2D eigenvalue weighted by atomic mass is 16.6. The normalized spacial score (nSPS) is 14.5. The van der Waals surface area contributed by atoms with Gasteiger partial charge >= 0.3 is 5.97 Å². The number of carbonyl (C=O) groups is 3. The average Bonchev–Trinajstić information content (AvgIpc) is 2.69. The number of amides is 2. The van der Waals surface area contributed by atoms with Crippen molar-refractivity contribution >= 4 is 17.8 Å². The highest BCUT2D eigenvalue weighted by Crippen LogP contribution is 2.25. The van der Waals surface area contributed by atoms with Gasteiger partial charge in [0.05, 0.1) is 17.0 Å². The van der Waals surface area contributed by atoms with Gasteiger partial charge in [0.2, 0.25) is 0 Å². The van der Waals surface area contributed by atoms with Gasteiger partial charge in [-0.05, 0) is 26.0 Å². The fourth-order valence-corrected chi connectivity index (χ4v) is 2.26. The first kappa shape index (κ1) is 16.2. The van der Waals surface area contributed by atoms with Crippen LogP contribution in [-0.4, -0.2) is 34.8 Å². The third kappa shape index (κ3) is 3.18. The topological polar surface area (TPSA) is 63.7 Å². The Morgan fingerprint density at radius 3 is 2.09 bits per heavy atom. The minimum Gasteiger partial charge on any atom is -0.459 e. The number of fused-ring (bicyclic) bond motifs is 1. The Hall–Kier alpha value is -2.17. The molecule has 0 unspecified atom stereocenters. The van der Waals surface area contributed by atoms with E-state index in [2.05, 4.69) is 0 Å². The third-order valence-corrected chi connectivity index (χ3v) is 3.66. The van der Waals surface area contributed by atoms with Gasteiger partial charge in [0, 0.05) is 13.0 Å². The summed E-state index contributed by atoms with van der Waals surface area (Å²) in [6.45, 7) is 7.33. The maximum absolute atomic E-state index is 12.3. The van der Waals surface area contributed by atoms with E-state index in [9.17, 15) is 14.4 Å². The molecule has 118 valence electrons. The van der Waals surface area contributed by atoms with Crippen LogP contribution in [0, 0.1) is 5.92 Å². The number of esters is 1. The summed E-state index contributed by atoms with van der Waals surface area (Å²) >= 11 is 0. The second-order valence-corrected chi connectivity index (χ2v) is 6.39. The largest absolute Gasteiger partial charge is 0.459 e. The van der Waals surface area contributed by atoms with Gasteiger partial charge in [-0.2, -0.15) is 0 Å². The zero-order valence-electron chi connectivity index (χ0n) is 13.4. The fraction of sp³-hybridized carbons (Fsp3) is 0.471. The Morgan fingerprint density at radius 1 is 1.14 bits per heavy atom. The molecule has 1 heterocycles. The van der Waals surface area contributed by atoms with Crippen molar-refractivity contribution in [3.8, 4) is 0 Å². The van der Waals surface area contributed by atoms with Gasteiger partial charge in [0.1, 0.15) is 5.60 Å². The molecule has 0 saturated carbocycles. The van der Waals surface area contributed by atoms with Crippen LogP contribution >= 0.6 is 0 Å². The first-order valence-corrected chi connectivity index (χ1v) is 7.41. The number of imide groups is 1. The average molecular weight is 303 g/mol. The van der Waals surface area contributed by atoms with Crippen molar-refractivity contribution in [2.75, 3.05) is 6.54 Å². The predicted molar refractivity (Wildman–Crippen MR) is 81.4 cm³/mol. The van der Waals surface area contributed by atoms with Crippen molar-refractivity contribution < 1.29 is 19.1 Å². The molecule has 2 rings (SSSR count). The van der Waals surface area contributed by atoms with Crippen molar-refractivity contribution in [1.29, 1.82) is 0 Å². The van der Waals surface area contributed by atoms with E-state index in [1.807, 2.05) is 0 Å². The van der Waals surface area contributed by atoms with Crippen LogP contribution < -0.4 is 0 Å². The maximum Gasteiger partial charge on any atom is 0.308 e. The number of carbonyl (C=O) groups excluding carboxylic acids is 3. The van der Waals surface area contributed by atoms with Gasteiger partial charge in [0.25, 0.3) is 11.8 Å². The van der Waals surface area contributed by atoms with E-state index in [0.717, 1.165) is 0 Å². The van der Waals surface area contributed by atoms with Crippen molar-refractivity contribution in [2.24, 2.45) is 5.92 Å². The van der Waals surface area contributed by atoms with Gasteiger partial charge in [-0.15, -0.1) is 0 Å². The minimum absolute atomic E-state index is 0.210. The number of hydrogen-bond acceptors (Lipinski definition) is 4. The summed E-state index contributed by atoms with van der Waals surface area (Å²) in [7, 11) is 0. The number of ether oxygens (including phenoxy) is 1. The molecule has 5 heteroatoms. The smallest absolute Gasteiger partial charge is 0.308 e. The molecule has 1 aliphatic rings. The van der Waals surface area contributed by atoms with E-state index in [-0.39, 0.29) is 30.2 Å². The van der Waals surface area contributed by atoms with Gasteiger partial charge in [0.15, 0.2) is 0 Å². The van der Waals surface area contributed by atoms with Crippen LogP contribution in [0.1, 0.15) is 54.8 Å². The molecule has 0 bridgehead atoms. The zero-order chi connectivity index (χ0) is 16.5. The Bertz CT molecular complexity index is 584. The van der Waals surface area contributed by atoms with Crippen LogP contribution in [0.15, 0.2) is 24.3 Å². The molecule has 0 aromatic heterocycles. The lowest BCUT2D eigenvalue weighted by Gasteiger charge is -2.28. The molecule has 0 atom stereocenters. The summed E-state index contributed by atoms with van der Waals surface area (Å²) in [6, 6.07) is 6.78. The van der Waals surface area contributed by atoms with Crippen molar-refractivity contribution in [3.63, 3.8) is 0 Å². The van der Waals surface area contributed by atoms with E-state index in [1.54, 1.807) is 52.0 Å².